The molecule has 0 N–H and O–H groups in total. The monoisotopic (exact) mass is 202 g/mol. The molecule has 1 aliphatic rings. The van der Waals surface area contributed by atoms with Gasteiger partial charge in [-0.1, -0.05) is 13.5 Å². The zero-order chi connectivity index (χ0) is 9.84. The minimum Gasteiger partial charge on any atom is -0.445 e. The normalized spacial score (nSPS) is 28.2. The first-order valence-electron chi connectivity index (χ1n) is 4.19. The SMILES string of the molecule is C=C(C)C(=O)OC1COCC(C)S1. The first-order valence-corrected chi connectivity index (χ1v) is 5.13. The maximum absolute atomic E-state index is 11.1. The van der Waals surface area contributed by atoms with Gasteiger partial charge in [0.05, 0.1) is 13.2 Å². The number of hydrogen-bond donors (Lipinski definition) is 0. The Labute approximate surface area is 82.5 Å². The molecule has 2 atom stereocenters. The molecule has 1 aliphatic heterocycles. The highest BCUT2D eigenvalue weighted by Gasteiger charge is 2.23. The quantitative estimate of drug-likeness (QED) is 0.503. The van der Waals surface area contributed by atoms with E-state index in [9.17, 15) is 4.79 Å². The van der Waals surface area contributed by atoms with Gasteiger partial charge in [-0.25, -0.2) is 4.79 Å². The topological polar surface area (TPSA) is 35.5 Å². The van der Waals surface area contributed by atoms with E-state index in [1.54, 1.807) is 18.7 Å². The predicted molar refractivity (Wildman–Crippen MR) is 52.6 cm³/mol. The van der Waals surface area contributed by atoms with Crippen molar-refractivity contribution in [2.24, 2.45) is 0 Å². The van der Waals surface area contributed by atoms with E-state index in [2.05, 4.69) is 6.58 Å². The molecule has 0 aromatic carbocycles. The molecule has 1 fully saturated rings. The fraction of sp³-hybridized carbons (Fsp3) is 0.667. The van der Waals surface area contributed by atoms with E-state index in [0.717, 1.165) is 6.61 Å². The van der Waals surface area contributed by atoms with Gasteiger partial charge < -0.3 is 9.47 Å². The lowest BCUT2D eigenvalue weighted by Gasteiger charge is -2.26. The molecule has 0 aliphatic carbocycles. The highest BCUT2D eigenvalue weighted by molar-refractivity contribution is 8.00. The van der Waals surface area contributed by atoms with Gasteiger partial charge in [0, 0.05) is 10.8 Å². The van der Waals surface area contributed by atoms with Crippen LogP contribution in [-0.4, -0.2) is 29.9 Å². The van der Waals surface area contributed by atoms with Gasteiger partial charge in [-0.2, -0.15) is 0 Å². The Balaban J connectivity index is 2.36. The molecule has 13 heavy (non-hydrogen) atoms. The van der Waals surface area contributed by atoms with E-state index >= 15 is 0 Å². The van der Waals surface area contributed by atoms with Crippen molar-refractivity contribution < 1.29 is 14.3 Å². The fourth-order valence-corrected chi connectivity index (χ4v) is 1.96. The molecule has 0 bridgehead atoms. The number of carbonyl (C=O) groups excluding carboxylic acids is 1. The molecule has 0 aromatic rings. The Bertz CT molecular complexity index is 215. The summed E-state index contributed by atoms with van der Waals surface area (Å²) in [4.78, 5) is 11.1. The maximum Gasteiger partial charge on any atom is 0.334 e. The Morgan fingerprint density at radius 2 is 2.31 bits per heavy atom. The van der Waals surface area contributed by atoms with Gasteiger partial charge >= 0.3 is 5.97 Å². The Kier molecular flexibility index (Phi) is 3.81. The molecule has 0 amide bonds. The molecule has 1 heterocycles. The van der Waals surface area contributed by atoms with Crippen molar-refractivity contribution in [2.75, 3.05) is 13.2 Å². The van der Waals surface area contributed by atoms with Gasteiger partial charge in [0.1, 0.15) is 0 Å². The van der Waals surface area contributed by atoms with Crippen LogP contribution in [0, 0.1) is 0 Å². The van der Waals surface area contributed by atoms with E-state index in [4.69, 9.17) is 9.47 Å². The summed E-state index contributed by atoms with van der Waals surface area (Å²) in [6, 6.07) is 0. The van der Waals surface area contributed by atoms with Crippen LogP contribution >= 0.6 is 11.8 Å². The van der Waals surface area contributed by atoms with Gasteiger partial charge in [-0.05, 0) is 6.92 Å². The van der Waals surface area contributed by atoms with Gasteiger partial charge in [-0.15, -0.1) is 11.8 Å². The molecule has 0 aromatic heterocycles. The van der Waals surface area contributed by atoms with Crippen LogP contribution in [0.15, 0.2) is 12.2 Å². The molecular weight excluding hydrogens is 188 g/mol. The maximum atomic E-state index is 11.1. The Hall–Kier alpha value is -0.480. The zero-order valence-corrected chi connectivity index (χ0v) is 8.73. The fourth-order valence-electron chi connectivity index (χ4n) is 0.950. The zero-order valence-electron chi connectivity index (χ0n) is 7.91. The molecule has 2 unspecified atom stereocenters. The third-order valence-corrected chi connectivity index (χ3v) is 2.71. The van der Waals surface area contributed by atoms with E-state index in [-0.39, 0.29) is 11.4 Å². The second-order valence-electron chi connectivity index (χ2n) is 3.10. The van der Waals surface area contributed by atoms with Gasteiger partial charge in [0.2, 0.25) is 0 Å². The van der Waals surface area contributed by atoms with Crippen molar-refractivity contribution >= 4 is 17.7 Å². The highest BCUT2D eigenvalue weighted by atomic mass is 32.2. The predicted octanol–water partition coefficient (Wildman–Crippen LogP) is 1.58. The van der Waals surface area contributed by atoms with E-state index in [1.807, 2.05) is 6.92 Å². The van der Waals surface area contributed by atoms with Crippen LogP contribution in [0.1, 0.15) is 13.8 Å². The average molecular weight is 202 g/mol. The van der Waals surface area contributed by atoms with E-state index in [0.29, 0.717) is 17.4 Å². The van der Waals surface area contributed by atoms with Gasteiger partial charge in [-0.3, -0.25) is 0 Å². The van der Waals surface area contributed by atoms with E-state index < -0.39 is 0 Å². The van der Waals surface area contributed by atoms with Crippen LogP contribution < -0.4 is 0 Å². The van der Waals surface area contributed by atoms with Crippen LogP contribution in [0.3, 0.4) is 0 Å². The lowest BCUT2D eigenvalue weighted by molar-refractivity contribution is -0.142. The summed E-state index contributed by atoms with van der Waals surface area (Å²) >= 11 is 1.62. The number of ether oxygens (including phenoxy) is 2. The Morgan fingerprint density at radius 1 is 1.62 bits per heavy atom. The van der Waals surface area contributed by atoms with Crippen molar-refractivity contribution in [3.05, 3.63) is 12.2 Å². The molecule has 0 saturated carbocycles. The molecule has 3 nitrogen and oxygen atoms in total. The van der Waals surface area contributed by atoms with Crippen LogP contribution in [0.4, 0.5) is 0 Å². The second kappa shape index (κ2) is 4.67. The first kappa shape index (κ1) is 10.6. The average Bonchev–Trinajstić information content (AvgIpc) is 2.04. The van der Waals surface area contributed by atoms with Crippen molar-refractivity contribution in [3.63, 3.8) is 0 Å². The van der Waals surface area contributed by atoms with Crippen molar-refractivity contribution in [2.45, 2.75) is 24.5 Å². The number of carbonyl (C=O) groups is 1. The van der Waals surface area contributed by atoms with Gasteiger partial charge in [0.15, 0.2) is 5.44 Å². The molecule has 74 valence electrons. The largest absolute Gasteiger partial charge is 0.445 e. The van der Waals surface area contributed by atoms with E-state index in [1.165, 1.54) is 0 Å². The molecule has 1 saturated heterocycles. The number of thioether (sulfide) groups is 1. The molecular formula is C9H14O3S. The van der Waals surface area contributed by atoms with Gasteiger partial charge in [0.25, 0.3) is 0 Å². The first-order chi connectivity index (χ1) is 6.09. The summed E-state index contributed by atoms with van der Waals surface area (Å²) in [5.74, 6) is -0.338. The van der Waals surface area contributed by atoms with Crippen LogP contribution in [0.2, 0.25) is 0 Å². The molecule has 4 heteroatoms. The summed E-state index contributed by atoms with van der Waals surface area (Å²) in [5, 5.41) is 0.386. The molecule has 1 rings (SSSR count). The smallest absolute Gasteiger partial charge is 0.334 e. The highest BCUT2D eigenvalue weighted by Crippen LogP contribution is 2.24. The number of esters is 1. The van der Waals surface area contributed by atoms with Crippen molar-refractivity contribution in [3.8, 4) is 0 Å². The molecule has 0 radical (unpaired) electrons. The standard InChI is InChI=1S/C9H14O3S/c1-6(2)9(10)12-8-5-11-4-7(3)13-8/h7-8H,1,4-5H2,2-3H3. The summed E-state index contributed by atoms with van der Waals surface area (Å²) in [6.45, 7) is 8.41. The second-order valence-corrected chi connectivity index (χ2v) is 4.70. The minimum atomic E-state index is -0.338. The summed E-state index contributed by atoms with van der Waals surface area (Å²) in [5.41, 5.74) is 0.256. The third kappa shape index (κ3) is 3.40. The summed E-state index contributed by atoms with van der Waals surface area (Å²) in [6.07, 6.45) is 0. The lowest BCUT2D eigenvalue weighted by atomic mass is 10.4. The molecule has 0 spiro atoms. The van der Waals surface area contributed by atoms with Crippen molar-refractivity contribution in [1.29, 1.82) is 0 Å². The summed E-state index contributed by atoms with van der Waals surface area (Å²) in [7, 11) is 0. The lowest BCUT2D eigenvalue weighted by Crippen LogP contribution is -2.30. The van der Waals surface area contributed by atoms with Crippen LogP contribution in [-0.2, 0) is 14.3 Å². The van der Waals surface area contributed by atoms with Crippen LogP contribution in [0.25, 0.3) is 0 Å². The van der Waals surface area contributed by atoms with Crippen molar-refractivity contribution in [1.82, 2.24) is 0 Å². The third-order valence-electron chi connectivity index (χ3n) is 1.58. The minimum absolute atomic E-state index is 0.173. The number of hydrogen-bond acceptors (Lipinski definition) is 4. The summed E-state index contributed by atoms with van der Waals surface area (Å²) < 4.78 is 10.4. The van der Waals surface area contributed by atoms with Crippen LogP contribution in [0.5, 0.6) is 0 Å². The number of rotatable bonds is 2. The Morgan fingerprint density at radius 3 is 2.85 bits per heavy atom.